The molecule has 0 saturated carbocycles. The van der Waals surface area contributed by atoms with Gasteiger partial charge >= 0.3 is 0 Å². The summed E-state index contributed by atoms with van der Waals surface area (Å²) in [5.74, 6) is -0.505. The van der Waals surface area contributed by atoms with Crippen molar-refractivity contribution in [1.29, 1.82) is 0 Å². The summed E-state index contributed by atoms with van der Waals surface area (Å²) in [6.07, 6.45) is 0.461. The number of benzene rings is 2. The largest absolute Gasteiger partial charge is 0.326 e. The third-order valence-electron chi connectivity index (χ3n) is 5.31. The summed E-state index contributed by atoms with van der Waals surface area (Å²) in [5.41, 5.74) is 3.92. The summed E-state index contributed by atoms with van der Waals surface area (Å²) >= 11 is 0. The summed E-state index contributed by atoms with van der Waals surface area (Å²) < 4.78 is 25.8. The van der Waals surface area contributed by atoms with Gasteiger partial charge in [-0.2, -0.15) is 5.10 Å². The molecule has 2 heterocycles. The monoisotopic (exact) mass is 452 g/mol. The quantitative estimate of drug-likeness (QED) is 0.616. The first kappa shape index (κ1) is 21.8. The maximum absolute atomic E-state index is 12.9. The lowest BCUT2D eigenvalue weighted by atomic mass is 10.1. The predicted molar refractivity (Wildman–Crippen MR) is 123 cm³/mol. The van der Waals surface area contributed by atoms with Crippen molar-refractivity contribution in [3.63, 3.8) is 0 Å². The average Bonchev–Trinajstić information content (AvgIpc) is 3.32. The van der Waals surface area contributed by atoms with Gasteiger partial charge in [0.25, 0.3) is 5.91 Å². The highest BCUT2D eigenvalue weighted by atomic mass is 32.2. The number of carbonyl (C=O) groups is 2. The number of aromatic nitrogens is 2. The van der Waals surface area contributed by atoms with Gasteiger partial charge in [-0.05, 0) is 43.2 Å². The average molecular weight is 453 g/mol. The molecule has 2 N–H and O–H groups in total. The van der Waals surface area contributed by atoms with Crippen LogP contribution >= 0.6 is 0 Å². The Morgan fingerprint density at radius 3 is 2.34 bits per heavy atom. The molecular formula is C23H24N4O4S. The van der Waals surface area contributed by atoms with Crippen LogP contribution in [0.2, 0.25) is 0 Å². The van der Waals surface area contributed by atoms with E-state index in [0.29, 0.717) is 23.5 Å². The zero-order valence-electron chi connectivity index (χ0n) is 17.8. The minimum atomic E-state index is -3.12. The zero-order valence-corrected chi connectivity index (χ0v) is 18.6. The molecule has 4 rings (SSSR count). The van der Waals surface area contributed by atoms with Gasteiger partial charge in [0.05, 0.1) is 23.2 Å². The van der Waals surface area contributed by atoms with Gasteiger partial charge in [-0.3, -0.25) is 14.3 Å². The number of amides is 2. The molecule has 1 atom stereocenters. The fourth-order valence-corrected chi connectivity index (χ4v) is 5.46. The van der Waals surface area contributed by atoms with Crippen LogP contribution in [-0.4, -0.2) is 41.5 Å². The third kappa shape index (κ3) is 4.88. The first-order valence-corrected chi connectivity index (χ1v) is 12.1. The summed E-state index contributed by atoms with van der Waals surface area (Å²) in [4.78, 5) is 24.2. The lowest BCUT2D eigenvalue weighted by molar-refractivity contribution is -0.114. The molecule has 2 aromatic carbocycles. The second kappa shape index (κ2) is 8.58. The van der Waals surface area contributed by atoms with Crippen molar-refractivity contribution in [2.24, 2.45) is 0 Å². The maximum atomic E-state index is 12.9. The molecule has 1 aliphatic heterocycles. The minimum absolute atomic E-state index is 0.00730. The van der Waals surface area contributed by atoms with Crippen molar-refractivity contribution >= 4 is 33.0 Å². The Balaban J connectivity index is 1.65. The van der Waals surface area contributed by atoms with E-state index in [1.54, 1.807) is 35.0 Å². The molecule has 32 heavy (non-hydrogen) atoms. The first-order chi connectivity index (χ1) is 15.2. The zero-order chi connectivity index (χ0) is 22.9. The molecule has 3 aromatic rings. The second-order valence-corrected chi connectivity index (χ2v) is 10.2. The summed E-state index contributed by atoms with van der Waals surface area (Å²) in [6, 6.07) is 16.0. The molecule has 0 spiro atoms. The SMILES string of the molecule is CC(=O)Nc1cccc(NC(=O)c2cc(-c3ccc(C)cc3)n([C@H]3CCS(=O)(=O)C3)n2)c1. The normalized spacial score (nSPS) is 17.1. The van der Waals surface area contributed by atoms with Crippen LogP contribution in [0.3, 0.4) is 0 Å². The van der Waals surface area contributed by atoms with Crippen molar-refractivity contribution < 1.29 is 18.0 Å². The van der Waals surface area contributed by atoms with Crippen molar-refractivity contribution in [2.75, 3.05) is 22.1 Å². The Labute approximate surface area is 186 Å². The van der Waals surface area contributed by atoms with E-state index in [1.165, 1.54) is 6.92 Å². The molecular weight excluding hydrogens is 428 g/mol. The third-order valence-corrected chi connectivity index (χ3v) is 7.06. The Morgan fingerprint density at radius 2 is 1.72 bits per heavy atom. The van der Waals surface area contributed by atoms with Crippen molar-refractivity contribution in [3.05, 3.63) is 65.9 Å². The number of anilines is 2. The molecule has 9 heteroatoms. The fourth-order valence-electron chi connectivity index (χ4n) is 3.77. The van der Waals surface area contributed by atoms with Gasteiger partial charge in [0.2, 0.25) is 5.91 Å². The van der Waals surface area contributed by atoms with Gasteiger partial charge in [0, 0.05) is 18.3 Å². The molecule has 2 amide bonds. The van der Waals surface area contributed by atoms with E-state index < -0.39 is 15.7 Å². The molecule has 0 unspecified atom stereocenters. The standard InChI is InChI=1S/C23H24N4O4S/c1-15-6-8-17(9-7-15)22-13-21(26-27(22)20-10-11-32(30,31)14-20)23(29)25-19-5-3-4-18(12-19)24-16(2)28/h3-9,12-13,20H,10-11,14H2,1-2H3,(H,24,28)(H,25,29)/t20-/m0/s1. The van der Waals surface area contributed by atoms with E-state index >= 15 is 0 Å². The van der Waals surface area contributed by atoms with Gasteiger partial charge in [0.1, 0.15) is 0 Å². The van der Waals surface area contributed by atoms with E-state index in [-0.39, 0.29) is 29.1 Å². The molecule has 0 radical (unpaired) electrons. The Bertz CT molecular complexity index is 1280. The number of rotatable bonds is 5. The van der Waals surface area contributed by atoms with E-state index in [2.05, 4.69) is 15.7 Å². The molecule has 1 saturated heterocycles. The van der Waals surface area contributed by atoms with Crippen LogP contribution in [0, 0.1) is 6.92 Å². The van der Waals surface area contributed by atoms with Crippen molar-refractivity contribution in [3.8, 4) is 11.3 Å². The van der Waals surface area contributed by atoms with Gasteiger partial charge < -0.3 is 10.6 Å². The molecule has 0 bridgehead atoms. The highest BCUT2D eigenvalue weighted by Gasteiger charge is 2.32. The topological polar surface area (TPSA) is 110 Å². The van der Waals surface area contributed by atoms with Crippen LogP contribution < -0.4 is 10.6 Å². The van der Waals surface area contributed by atoms with E-state index in [1.807, 2.05) is 31.2 Å². The Hall–Kier alpha value is -3.46. The Kier molecular flexibility index (Phi) is 5.84. The Morgan fingerprint density at radius 1 is 1.03 bits per heavy atom. The van der Waals surface area contributed by atoms with Crippen LogP contribution in [0.1, 0.15) is 35.4 Å². The van der Waals surface area contributed by atoms with E-state index in [9.17, 15) is 18.0 Å². The lowest BCUT2D eigenvalue weighted by Gasteiger charge is -2.13. The maximum Gasteiger partial charge on any atom is 0.276 e. The van der Waals surface area contributed by atoms with Crippen LogP contribution in [0.25, 0.3) is 11.3 Å². The highest BCUT2D eigenvalue weighted by Crippen LogP contribution is 2.30. The number of nitrogens with one attached hydrogen (secondary N) is 2. The summed E-state index contributed by atoms with van der Waals surface area (Å²) in [7, 11) is -3.12. The molecule has 1 fully saturated rings. The lowest BCUT2D eigenvalue weighted by Crippen LogP contribution is -2.16. The smallest absolute Gasteiger partial charge is 0.276 e. The predicted octanol–water partition coefficient (Wildman–Crippen LogP) is 3.43. The molecule has 166 valence electrons. The van der Waals surface area contributed by atoms with Gasteiger partial charge in [-0.1, -0.05) is 35.9 Å². The van der Waals surface area contributed by atoms with Gasteiger partial charge in [-0.15, -0.1) is 0 Å². The van der Waals surface area contributed by atoms with Gasteiger partial charge in [0.15, 0.2) is 15.5 Å². The van der Waals surface area contributed by atoms with Crippen LogP contribution in [0.5, 0.6) is 0 Å². The van der Waals surface area contributed by atoms with E-state index in [4.69, 9.17) is 0 Å². The number of nitrogens with zero attached hydrogens (tertiary/aromatic N) is 2. The highest BCUT2D eigenvalue weighted by molar-refractivity contribution is 7.91. The minimum Gasteiger partial charge on any atom is -0.326 e. The fraction of sp³-hybridized carbons (Fsp3) is 0.261. The molecule has 1 aliphatic rings. The molecule has 8 nitrogen and oxygen atoms in total. The first-order valence-electron chi connectivity index (χ1n) is 10.3. The number of sulfone groups is 1. The van der Waals surface area contributed by atoms with Crippen LogP contribution in [0.4, 0.5) is 11.4 Å². The van der Waals surface area contributed by atoms with E-state index in [0.717, 1.165) is 11.1 Å². The molecule has 0 aliphatic carbocycles. The second-order valence-electron chi connectivity index (χ2n) is 8.00. The van der Waals surface area contributed by atoms with Crippen LogP contribution in [-0.2, 0) is 14.6 Å². The van der Waals surface area contributed by atoms with Gasteiger partial charge in [-0.25, -0.2) is 8.42 Å². The number of hydrogen-bond acceptors (Lipinski definition) is 5. The van der Waals surface area contributed by atoms with Crippen molar-refractivity contribution in [2.45, 2.75) is 26.3 Å². The number of hydrogen-bond donors (Lipinski definition) is 2. The number of carbonyl (C=O) groups excluding carboxylic acids is 2. The van der Waals surface area contributed by atoms with Crippen LogP contribution in [0.15, 0.2) is 54.6 Å². The number of aryl methyl sites for hydroxylation is 1. The summed E-state index contributed by atoms with van der Waals surface area (Å²) in [6.45, 7) is 3.40. The molecule has 1 aromatic heterocycles. The van der Waals surface area contributed by atoms with Crippen molar-refractivity contribution in [1.82, 2.24) is 9.78 Å². The summed E-state index contributed by atoms with van der Waals surface area (Å²) in [5, 5.41) is 9.96.